The highest BCUT2D eigenvalue weighted by molar-refractivity contribution is 8.00. The van der Waals surface area contributed by atoms with Gasteiger partial charge in [0.15, 0.2) is 17.3 Å². The molecule has 2 aromatic heterocycles. The zero-order valence-electron chi connectivity index (χ0n) is 26.7. The Morgan fingerprint density at radius 3 is 2.44 bits per heavy atom. The average molecular weight is 704 g/mol. The minimum atomic E-state index is -4.84. The number of alkyl halides is 3. The number of esters is 1. The van der Waals surface area contributed by atoms with Crippen LogP contribution in [-0.2, 0) is 26.9 Å². The van der Waals surface area contributed by atoms with Crippen molar-refractivity contribution in [1.29, 1.82) is 0 Å². The number of hydrogen-bond donors (Lipinski definition) is 1. The fourth-order valence-corrected chi connectivity index (χ4v) is 7.01. The number of nitrogens with one attached hydrogen (secondary N) is 1. The van der Waals surface area contributed by atoms with Gasteiger partial charge in [0.1, 0.15) is 11.4 Å². The van der Waals surface area contributed by atoms with Gasteiger partial charge in [0.25, 0.3) is 0 Å². The van der Waals surface area contributed by atoms with Gasteiger partial charge in [0.2, 0.25) is 11.7 Å². The predicted octanol–water partition coefficient (Wildman–Crippen LogP) is 7.53. The van der Waals surface area contributed by atoms with Crippen molar-refractivity contribution in [1.82, 2.24) is 19.7 Å². The summed E-state index contributed by atoms with van der Waals surface area (Å²) in [6.07, 6.45) is -3.02. The number of anilines is 1. The van der Waals surface area contributed by atoms with Gasteiger partial charge in [0.05, 0.1) is 30.4 Å². The lowest BCUT2D eigenvalue weighted by Gasteiger charge is -2.24. The number of aromatic nitrogens is 4. The first kappa shape index (κ1) is 35.0. The Balaban J connectivity index is 1.46. The Morgan fingerprint density at radius 1 is 1.02 bits per heavy atom. The summed E-state index contributed by atoms with van der Waals surface area (Å²) in [6, 6.07) is 13.1. The molecule has 0 radical (unpaired) electrons. The summed E-state index contributed by atoms with van der Waals surface area (Å²) in [5.41, 5.74) is 1.39. The van der Waals surface area contributed by atoms with E-state index in [1.807, 2.05) is 0 Å². The van der Waals surface area contributed by atoms with E-state index < -0.39 is 34.0 Å². The van der Waals surface area contributed by atoms with Crippen LogP contribution in [0.5, 0.6) is 11.5 Å². The molecule has 0 aliphatic carbocycles. The predicted molar refractivity (Wildman–Crippen MR) is 175 cm³/mol. The molecule has 3 heterocycles. The fourth-order valence-electron chi connectivity index (χ4n) is 5.31. The molecule has 48 heavy (non-hydrogen) atoms. The second-order valence-electron chi connectivity index (χ2n) is 11.9. The van der Waals surface area contributed by atoms with Crippen molar-refractivity contribution in [3.05, 3.63) is 88.1 Å². The minimum absolute atomic E-state index is 0.0548. The molecule has 0 saturated carbocycles. The first-order valence-electron chi connectivity index (χ1n) is 14.8. The smallest absolute Gasteiger partial charge is 0.452 e. The highest BCUT2D eigenvalue weighted by Crippen LogP contribution is 2.54. The molecule has 0 saturated heterocycles. The molecule has 2 atom stereocenters. The van der Waals surface area contributed by atoms with Crippen LogP contribution < -0.4 is 14.8 Å². The van der Waals surface area contributed by atoms with E-state index in [-0.39, 0.29) is 36.1 Å². The van der Waals surface area contributed by atoms with E-state index in [9.17, 15) is 22.8 Å². The number of benzene rings is 2. The van der Waals surface area contributed by atoms with Crippen LogP contribution in [0.3, 0.4) is 0 Å². The van der Waals surface area contributed by atoms with E-state index in [1.54, 1.807) is 57.2 Å². The fraction of sp³-hybridized carbons (Fsp3) is 0.364. The van der Waals surface area contributed by atoms with Crippen LogP contribution in [0.15, 0.2) is 54.7 Å². The molecule has 0 unspecified atom stereocenters. The van der Waals surface area contributed by atoms with Gasteiger partial charge in [-0.3, -0.25) is 14.2 Å². The van der Waals surface area contributed by atoms with E-state index in [0.717, 1.165) is 10.1 Å². The van der Waals surface area contributed by atoms with Gasteiger partial charge in [-0.25, -0.2) is 4.98 Å². The molecule has 0 spiro atoms. The molecule has 0 bridgehead atoms. The Morgan fingerprint density at radius 2 is 1.79 bits per heavy atom. The number of methoxy groups -OCH3 is 2. The zero-order valence-corrected chi connectivity index (χ0v) is 28.3. The van der Waals surface area contributed by atoms with Crippen LogP contribution >= 0.6 is 23.4 Å². The van der Waals surface area contributed by atoms with Crippen LogP contribution in [0.25, 0.3) is 5.69 Å². The average Bonchev–Trinajstić information content (AvgIpc) is 3.43. The summed E-state index contributed by atoms with van der Waals surface area (Å²) in [6.45, 7) is 5.38. The SMILES string of the molecule is COc1cccc([C@H]2S[C@H](CC(=O)Nc3ccc(CCC(=O)OC(C)(C)C)cn3)c3nnc(C(F)(F)F)n3-c3ccc(Cl)cc32)c1OC. The standard InChI is InChI=1S/C33H33ClF3N5O5S/c1-32(2,3)47-27(44)14-10-18-9-13-25(38-17-18)39-26(43)16-24-30-40-41-31(33(35,36)37)42(30)22-12-11-19(34)15-21(22)29(48-24)20-7-6-8-23(45-4)28(20)46-5/h6-9,11-13,15,17,24,29H,10,14,16H2,1-5H3,(H,38,39,43)/t24-,29-/m1/s1. The molecule has 1 N–H and O–H groups in total. The number of rotatable bonds is 9. The monoisotopic (exact) mass is 703 g/mol. The number of fused-ring (bicyclic) bond motifs is 3. The van der Waals surface area contributed by atoms with Crippen LogP contribution in [0, 0.1) is 0 Å². The van der Waals surface area contributed by atoms with E-state index in [2.05, 4.69) is 20.5 Å². The van der Waals surface area contributed by atoms with E-state index in [1.165, 1.54) is 44.3 Å². The van der Waals surface area contributed by atoms with Crippen molar-refractivity contribution >= 4 is 41.1 Å². The Bertz CT molecular complexity index is 1810. The third-order valence-corrected chi connectivity index (χ3v) is 8.98. The number of amides is 1. The van der Waals surface area contributed by atoms with Crippen molar-refractivity contribution < 1.29 is 37.0 Å². The number of pyridine rings is 1. The van der Waals surface area contributed by atoms with Gasteiger partial charge in [-0.15, -0.1) is 22.0 Å². The number of ether oxygens (including phenoxy) is 3. The number of hydrogen-bond acceptors (Lipinski definition) is 9. The Hall–Kier alpha value is -4.30. The number of thioether (sulfide) groups is 1. The topological polar surface area (TPSA) is 117 Å². The van der Waals surface area contributed by atoms with Gasteiger partial charge in [-0.2, -0.15) is 13.2 Å². The van der Waals surface area contributed by atoms with Crippen molar-refractivity contribution in [3.8, 4) is 17.2 Å². The normalized spacial score (nSPS) is 15.9. The molecule has 4 aromatic rings. The summed E-state index contributed by atoms with van der Waals surface area (Å²) in [5.74, 6) is -1.08. The van der Waals surface area contributed by atoms with Crippen LogP contribution in [0.1, 0.15) is 72.5 Å². The molecular weight excluding hydrogens is 671 g/mol. The summed E-state index contributed by atoms with van der Waals surface area (Å²) >= 11 is 7.62. The molecule has 1 aliphatic rings. The Kier molecular flexibility index (Phi) is 10.2. The van der Waals surface area contributed by atoms with Gasteiger partial charge in [0, 0.05) is 29.6 Å². The number of carbonyl (C=O) groups is 2. The maximum absolute atomic E-state index is 14.3. The summed E-state index contributed by atoms with van der Waals surface area (Å²) in [5, 5.41) is 8.94. The number of halogens is 4. The lowest BCUT2D eigenvalue weighted by Crippen LogP contribution is -2.24. The number of nitrogens with zero attached hydrogens (tertiary/aromatic N) is 4. The van der Waals surface area contributed by atoms with E-state index in [4.69, 9.17) is 25.8 Å². The molecule has 1 aliphatic heterocycles. The minimum Gasteiger partial charge on any atom is -0.493 e. The summed E-state index contributed by atoms with van der Waals surface area (Å²) in [4.78, 5) is 29.8. The molecular formula is C33H33ClF3N5O5S. The molecule has 10 nitrogen and oxygen atoms in total. The summed E-state index contributed by atoms with van der Waals surface area (Å²) in [7, 11) is 2.96. The van der Waals surface area contributed by atoms with Crippen molar-refractivity contribution in [2.75, 3.05) is 19.5 Å². The summed E-state index contributed by atoms with van der Waals surface area (Å²) < 4.78 is 60.5. The van der Waals surface area contributed by atoms with Crippen molar-refractivity contribution in [2.45, 2.75) is 62.3 Å². The number of carbonyl (C=O) groups excluding carboxylic acids is 2. The van der Waals surface area contributed by atoms with Crippen LogP contribution in [-0.4, -0.2) is 51.4 Å². The lowest BCUT2D eigenvalue weighted by atomic mass is 10.0. The lowest BCUT2D eigenvalue weighted by molar-refractivity contribution is -0.154. The van der Waals surface area contributed by atoms with Gasteiger partial charge in [-0.1, -0.05) is 29.8 Å². The zero-order chi connectivity index (χ0) is 34.8. The molecule has 15 heteroatoms. The maximum atomic E-state index is 14.3. The molecule has 1 amide bonds. The van der Waals surface area contributed by atoms with Crippen LogP contribution in [0.2, 0.25) is 5.02 Å². The van der Waals surface area contributed by atoms with Crippen molar-refractivity contribution in [2.24, 2.45) is 0 Å². The van der Waals surface area contributed by atoms with E-state index >= 15 is 0 Å². The maximum Gasteiger partial charge on any atom is 0.452 e. The van der Waals surface area contributed by atoms with Gasteiger partial charge >= 0.3 is 12.1 Å². The largest absolute Gasteiger partial charge is 0.493 e. The van der Waals surface area contributed by atoms with Crippen LogP contribution in [0.4, 0.5) is 19.0 Å². The first-order chi connectivity index (χ1) is 22.7. The molecule has 5 rings (SSSR count). The second-order valence-corrected chi connectivity index (χ2v) is 13.6. The molecule has 2 aromatic carbocycles. The number of aryl methyl sites for hydroxylation is 1. The van der Waals surface area contributed by atoms with Gasteiger partial charge < -0.3 is 19.5 Å². The highest BCUT2D eigenvalue weighted by Gasteiger charge is 2.43. The molecule has 0 fully saturated rings. The highest BCUT2D eigenvalue weighted by atomic mass is 35.5. The van der Waals surface area contributed by atoms with Gasteiger partial charge in [-0.05, 0) is 68.7 Å². The number of para-hydroxylation sites is 1. The second kappa shape index (κ2) is 14.0. The van der Waals surface area contributed by atoms with E-state index in [0.29, 0.717) is 34.1 Å². The molecule has 254 valence electrons. The first-order valence-corrected chi connectivity index (χ1v) is 16.2. The quantitative estimate of drug-likeness (QED) is 0.177. The third kappa shape index (κ3) is 7.87. The Labute approximate surface area is 284 Å². The third-order valence-electron chi connectivity index (χ3n) is 7.26. The van der Waals surface area contributed by atoms with Crippen molar-refractivity contribution in [3.63, 3.8) is 0 Å².